The highest BCUT2D eigenvalue weighted by molar-refractivity contribution is 7.99. The standard InChI is InChI=1S/C12H17FO2S/c1-3-14-12(15-4-2)9-16-11-7-5-6-10(13)8-11/h5-8,12H,3-4,9H2,1-2H3. The molecule has 0 aliphatic heterocycles. The maximum absolute atomic E-state index is 12.9. The molecule has 0 spiro atoms. The number of ether oxygens (including phenoxy) is 2. The molecule has 0 saturated heterocycles. The lowest BCUT2D eigenvalue weighted by Gasteiger charge is -2.16. The summed E-state index contributed by atoms with van der Waals surface area (Å²) >= 11 is 1.53. The molecule has 0 fully saturated rings. The zero-order valence-electron chi connectivity index (χ0n) is 9.61. The molecule has 2 nitrogen and oxygen atoms in total. The summed E-state index contributed by atoms with van der Waals surface area (Å²) in [6.07, 6.45) is -0.219. The van der Waals surface area contributed by atoms with Gasteiger partial charge in [-0.25, -0.2) is 4.39 Å². The van der Waals surface area contributed by atoms with Gasteiger partial charge in [0.25, 0.3) is 0 Å². The van der Waals surface area contributed by atoms with E-state index in [2.05, 4.69) is 0 Å². The predicted molar refractivity (Wildman–Crippen MR) is 64.2 cm³/mol. The molecule has 0 atom stereocenters. The van der Waals surface area contributed by atoms with Crippen LogP contribution < -0.4 is 0 Å². The van der Waals surface area contributed by atoms with E-state index in [1.165, 1.54) is 23.9 Å². The Kier molecular flexibility index (Phi) is 6.45. The third-order valence-electron chi connectivity index (χ3n) is 1.89. The maximum Gasteiger partial charge on any atom is 0.166 e. The molecule has 0 radical (unpaired) electrons. The van der Waals surface area contributed by atoms with E-state index >= 15 is 0 Å². The van der Waals surface area contributed by atoms with Gasteiger partial charge < -0.3 is 9.47 Å². The van der Waals surface area contributed by atoms with Crippen LogP contribution in [0.25, 0.3) is 0 Å². The third kappa shape index (κ3) is 4.96. The van der Waals surface area contributed by atoms with Gasteiger partial charge in [0, 0.05) is 23.9 Å². The first-order valence-electron chi connectivity index (χ1n) is 5.37. The van der Waals surface area contributed by atoms with E-state index in [0.29, 0.717) is 19.0 Å². The van der Waals surface area contributed by atoms with Crippen molar-refractivity contribution in [3.8, 4) is 0 Å². The van der Waals surface area contributed by atoms with Crippen LogP contribution in [0.4, 0.5) is 4.39 Å². The number of thioether (sulfide) groups is 1. The molecule has 0 aromatic heterocycles. The van der Waals surface area contributed by atoms with E-state index in [0.717, 1.165) is 4.90 Å². The van der Waals surface area contributed by atoms with Gasteiger partial charge in [-0.05, 0) is 32.0 Å². The molecule has 0 bridgehead atoms. The fourth-order valence-corrected chi connectivity index (χ4v) is 2.13. The fraction of sp³-hybridized carbons (Fsp3) is 0.500. The Labute approximate surface area is 100 Å². The van der Waals surface area contributed by atoms with Crippen molar-refractivity contribution in [3.05, 3.63) is 30.1 Å². The molecule has 0 aliphatic rings. The van der Waals surface area contributed by atoms with Crippen LogP contribution in [0.2, 0.25) is 0 Å². The largest absolute Gasteiger partial charge is 0.352 e. The zero-order chi connectivity index (χ0) is 11.8. The first-order chi connectivity index (χ1) is 7.76. The molecule has 0 heterocycles. The molecular formula is C12H17FO2S. The van der Waals surface area contributed by atoms with E-state index in [-0.39, 0.29) is 12.1 Å². The predicted octanol–water partition coefficient (Wildman–Crippen LogP) is 3.32. The summed E-state index contributed by atoms with van der Waals surface area (Å²) in [6.45, 7) is 5.10. The molecule has 0 unspecified atom stereocenters. The van der Waals surface area contributed by atoms with Crippen molar-refractivity contribution in [2.45, 2.75) is 25.0 Å². The monoisotopic (exact) mass is 244 g/mol. The van der Waals surface area contributed by atoms with Crippen molar-refractivity contribution in [3.63, 3.8) is 0 Å². The smallest absolute Gasteiger partial charge is 0.166 e. The number of halogens is 1. The summed E-state index contributed by atoms with van der Waals surface area (Å²) in [5.41, 5.74) is 0. The van der Waals surface area contributed by atoms with Gasteiger partial charge in [0.2, 0.25) is 0 Å². The highest BCUT2D eigenvalue weighted by Gasteiger charge is 2.08. The topological polar surface area (TPSA) is 18.5 Å². The zero-order valence-corrected chi connectivity index (χ0v) is 10.4. The SMILES string of the molecule is CCOC(CSc1cccc(F)c1)OCC. The van der Waals surface area contributed by atoms with E-state index in [9.17, 15) is 4.39 Å². The minimum Gasteiger partial charge on any atom is -0.352 e. The first-order valence-corrected chi connectivity index (χ1v) is 6.36. The van der Waals surface area contributed by atoms with Gasteiger partial charge in [-0.15, -0.1) is 11.8 Å². The number of benzene rings is 1. The molecule has 1 aromatic rings. The van der Waals surface area contributed by atoms with E-state index < -0.39 is 0 Å². The minimum atomic E-state index is -0.219. The lowest BCUT2D eigenvalue weighted by Crippen LogP contribution is -2.19. The van der Waals surface area contributed by atoms with Crippen LogP contribution in [0, 0.1) is 5.82 Å². The Bertz CT molecular complexity index is 301. The van der Waals surface area contributed by atoms with Gasteiger partial charge in [0.05, 0.1) is 0 Å². The number of hydrogen-bond acceptors (Lipinski definition) is 3. The van der Waals surface area contributed by atoms with Gasteiger partial charge in [-0.3, -0.25) is 0 Å². The second-order valence-corrected chi connectivity index (χ2v) is 4.20. The highest BCUT2D eigenvalue weighted by atomic mass is 32.2. The van der Waals surface area contributed by atoms with Crippen LogP contribution in [0.15, 0.2) is 29.2 Å². The molecule has 4 heteroatoms. The van der Waals surface area contributed by atoms with Crippen molar-refractivity contribution in [2.24, 2.45) is 0 Å². The lowest BCUT2D eigenvalue weighted by molar-refractivity contribution is -0.120. The molecule has 0 N–H and O–H groups in total. The molecular weight excluding hydrogens is 227 g/mol. The van der Waals surface area contributed by atoms with Crippen LogP contribution in [0.5, 0.6) is 0 Å². The number of rotatable bonds is 7. The summed E-state index contributed by atoms with van der Waals surface area (Å²) in [7, 11) is 0. The average Bonchev–Trinajstić information content (AvgIpc) is 2.27. The maximum atomic E-state index is 12.9. The molecule has 0 aliphatic carbocycles. The van der Waals surface area contributed by atoms with Crippen LogP contribution in [0.1, 0.15) is 13.8 Å². The normalized spacial score (nSPS) is 11.0. The third-order valence-corrected chi connectivity index (χ3v) is 2.91. The van der Waals surface area contributed by atoms with Crippen molar-refractivity contribution in [2.75, 3.05) is 19.0 Å². The van der Waals surface area contributed by atoms with Crippen molar-refractivity contribution in [1.29, 1.82) is 0 Å². The molecule has 16 heavy (non-hydrogen) atoms. The van der Waals surface area contributed by atoms with E-state index in [4.69, 9.17) is 9.47 Å². The summed E-state index contributed by atoms with van der Waals surface area (Å²) in [4.78, 5) is 0.893. The van der Waals surface area contributed by atoms with Crippen molar-refractivity contribution >= 4 is 11.8 Å². The highest BCUT2D eigenvalue weighted by Crippen LogP contribution is 2.20. The van der Waals surface area contributed by atoms with Gasteiger partial charge in [0.1, 0.15) is 5.82 Å². The molecule has 1 rings (SSSR count). The average molecular weight is 244 g/mol. The lowest BCUT2D eigenvalue weighted by atomic mass is 10.4. The Morgan fingerprint density at radius 3 is 2.50 bits per heavy atom. The second kappa shape index (κ2) is 7.65. The van der Waals surface area contributed by atoms with E-state index in [1.807, 2.05) is 19.9 Å². The van der Waals surface area contributed by atoms with Gasteiger partial charge in [-0.2, -0.15) is 0 Å². The number of hydrogen-bond donors (Lipinski definition) is 0. The van der Waals surface area contributed by atoms with Crippen LogP contribution >= 0.6 is 11.8 Å². The van der Waals surface area contributed by atoms with Gasteiger partial charge in [-0.1, -0.05) is 6.07 Å². The molecule has 0 amide bonds. The van der Waals surface area contributed by atoms with Crippen LogP contribution in [-0.2, 0) is 9.47 Å². The Balaban J connectivity index is 2.41. The summed E-state index contributed by atoms with van der Waals surface area (Å²) in [5.74, 6) is 0.458. The summed E-state index contributed by atoms with van der Waals surface area (Å²) in [6, 6.07) is 6.53. The molecule has 90 valence electrons. The van der Waals surface area contributed by atoms with Crippen molar-refractivity contribution in [1.82, 2.24) is 0 Å². The van der Waals surface area contributed by atoms with Crippen LogP contribution in [-0.4, -0.2) is 25.3 Å². The quantitative estimate of drug-likeness (QED) is 0.541. The van der Waals surface area contributed by atoms with E-state index in [1.54, 1.807) is 6.07 Å². The van der Waals surface area contributed by atoms with Gasteiger partial charge in [0.15, 0.2) is 6.29 Å². The Hall–Kier alpha value is -0.580. The summed E-state index contributed by atoms with van der Waals surface area (Å²) in [5, 5.41) is 0. The molecule has 0 saturated carbocycles. The Morgan fingerprint density at radius 1 is 1.25 bits per heavy atom. The first kappa shape index (κ1) is 13.5. The van der Waals surface area contributed by atoms with Crippen molar-refractivity contribution < 1.29 is 13.9 Å². The Morgan fingerprint density at radius 2 is 1.94 bits per heavy atom. The molecule has 1 aromatic carbocycles. The minimum absolute atomic E-state index is 0.214. The summed E-state index contributed by atoms with van der Waals surface area (Å²) < 4.78 is 23.7. The fourth-order valence-electron chi connectivity index (χ4n) is 1.24. The van der Waals surface area contributed by atoms with Crippen LogP contribution in [0.3, 0.4) is 0 Å². The van der Waals surface area contributed by atoms with Gasteiger partial charge >= 0.3 is 0 Å². The second-order valence-electron chi connectivity index (χ2n) is 3.11.